The number of fused-ring (bicyclic) bond motifs is 1. The molecule has 1 aromatic rings. The first-order valence-corrected chi connectivity index (χ1v) is 4.64. The number of ether oxygens (including phenoxy) is 1. The minimum Gasteiger partial charge on any atom is -0.376 e. The predicted octanol–water partition coefficient (Wildman–Crippen LogP) is 0.920. The van der Waals surface area contributed by atoms with Gasteiger partial charge in [-0.05, 0) is 0 Å². The highest BCUT2D eigenvalue weighted by Gasteiger charge is 2.18. The van der Waals surface area contributed by atoms with E-state index in [-0.39, 0.29) is 5.91 Å². The molecule has 0 fully saturated rings. The molecular formula is C8H9NO2S. The van der Waals surface area contributed by atoms with E-state index in [0.717, 1.165) is 18.6 Å². The molecule has 3 nitrogen and oxygen atoms in total. The lowest BCUT2D eigenvalue weighted by atomic mass is 10.1. The molecule has 0 atom stereocenters. The monoisotopic (exact) mass is 183 g/mol. The largest absolute Gasteiger partial charge is 0.376 e. The third-order valence-corrected chi connectivity index (χ3v) is 3.05. The van der Waals surface area contributed by atoms with Gasteiger partial charge in [0, 0.05) is 22.2 Å². The normalized spacial score (nSPS) is 15.7. The molecule has 1 amide bonds. The van der Waals surface area contributed by atoms with Gasteiger partial charge in [0.2, 0.25) is 5.91 Å². The molecule has 0 bridgehead atoms. The average Bonchev–Trinajstić information content (AvgIpc) is 2.47. The van der Waals surface area contributed by atoms with Gasteiger partial charge in [0.25, 0.3) is 0 Å². The van der Waals surface area contributed by atoms with Crippen molar-refractivity contribution in [3.63, 3.8) is 0 Å². The minimum absolute atomic E-state index is 0.349. The lowest BCUT2D eigenvalue weighted by molar-refractivity contribution is 0.0972. The van der Waals surface area contributed by atoms with Crippen LogP contribution >= 0.6 is 11.3 Å². The third-order valence-electron chi connectivity index (χ3n) is 1.97. The van der Waals surface area contributed by atoms with Crippen molar-refractivity contribution in [3.8, 4) is 0 Å². The van der Waals surface area contributed by atoms with Crippen LogP contribution in [0.2, 0.25) is 0 Å². The molecule has 0 spiro atoms. The number of carbonyl (C=O) groups is 1. The zero-order valence-corrected chi connectivity index (χ0v) is 7.32. The number of carbonyl (C=O) groups excluding carboxylic acids is 1. The van der Waals surface area contributed by atoms with E-state index in [2.05, 4.69) is 0 Å². The van der Waals surface area contributed by atoms with Gasteiger partial charge in [-0.1, -0.05) is 0 Å². The van der Waals surface area contributed by atoms with E-state index in [1.54, 1.807) is 11.3 Å². The summed E-state index contributed by atoms with van der Waals surface area (Å²) in [6.45, 7) is 1.29. The Bertz CT molecular complexity index is 319. The molecule has 4 heteroatoms. The van der Waals surface area contributed by atoms with Crippen LogP contribution in [0.3, 0.4) is 0 Å². The molecule has 1 aromatic heterocycles. The fourth-order valence-electron chi connectivity index (χ4n) is 1.34. The maximum atomic E-state index is 10.9. The zero-order valence-electron chi connectivity index (χ0n) is 6.50. The Morgan fingerprint density at radius 1 is 1.67 bits per heavy atom. The SMILES string of the molecule is NC(=O)c1csc2c1COCC2. The first-order chi connectivity index (χ1) is 5.79. The molecular weight excluding hydrogens is 174 g/mol. The molecule has 0 aliphatic carbocycles. The molecule has 0 radical (unpaired) electrons. The lowest BCUT2D eigenvalue weighted by Crippen LogP contribution is -2.15. The summed E-state index contributed by atoms with van der Waals surface area (Å²) in [6.07, 6.45) is 0.910. The summed E-state index contributed by atoms with van der Waals surface area (Å²) in [7, 11) is 0. The number of rotatable bonds is 1. The van der Waals surface area contributed by atoms with Gasteiger partial charge in [0.1, 0.15) is 0 Å². The van der Waals surface area contributed by atoms with Gasteiger partial charge in [0.15, 0.2) is 0 Å². The van der Waals surface area contributed by atoms with Crippen molar-refractivity contribution in [3.05, 3.63) is 21.4 Å². The third kappa shape index (κ3) is 1.13. The van der Waals surface area contributed by atoms with E-state index >= 15 is 0 Å². The summed E-state index contributed by atoms with van der Waals surface area (Å²) in [5, 5.41) is 1.82. The van der Waals surface area contributed by atoms with Crippen LogP contribution in [0.15, 0.2) is 5.38 Å². The van der Waals surface area contributed by atoms with Crippen molar-refractivity contribution in [2.75, 3.05) is 6.61 Å². The van der Waals surface area contributed by atoms with Crippen molar-refractivity contribution in [1.29, 1.82) is 0 Å². The Kier molecular flexibility index (Phi) is 1.86. The molecule has 1 aliphatic heterocycles. The molecule has 1 aliphatic rings. The minimum atomic E-state index is -0.349. The highest BCUT2D eigenvalue weighted by Crippen LogP contribution is 2.26. The van der Waals surface area contributed by atoms with E-state index in [4.69, 9.17) is 10.5 Å². The molecule has 0 saturated heterocycles. The number of nitrogens with two attached hydrogens (primary N) is 1. The molecule has 0 saturated carbocycles. The quantitative estimate of drug-likeness (QED) is 0.703. The van der Waals surface area contributed by atoms with E-state index in [1.165, 1.54) is 4.88 Å². The van der Waals surface area contributed by atoms with Crippen LogP contribution < -0.4 is 5.73 Å². The summed E-state index contributed by atoms with van der Waals surface area (Å²) in [6, 6.07) is 0. The molecule has 2 rings (SSSR count). The number of hydrogen-bond donors (Lipinski definition) is 1. The van der Waals surface area contributed by atoms with E-state index in [1.807, 2.05) is 5.38 Å². The van der Waals surface area contributed by atoms with Gasteiger partial charge < -0.3 is 10.5 Å². The van der Waals surface area contributed by atoms with Crippen LogP contribution in [-0.4, -0.2) is 12.5 Å². The average molecular weight is 183 g/mol. The summed E-state index contributed by atoms with van der Waals surface area (Å²) in [5.41, 5.74) is 6.83. The number of thiophene rings is 1. The molecule has 2 heterocycles. The molecule has 64 valence electrons. The Morgan fingerprint density at radius 3 is 3.25 bits per heavy atom. The van der Waals surface area contributed by atoms with E-state index < -0.39 is 0 Å². The van der Waals surface area contributed by atoms with Crippen LogP contribution in [0.4, 0.5) is 0 Å². The zero-order chi connectivity index (χ0) is 8.55. The number of amides is 1. The first-order valence-electron chi connectivity index (χ1n) is 3.76. The molecule has 0 unspecified atom stereocenters. The van der Waals surface area contributed by atoms with Crippen molar-refractivity contribution >= 4 is 17.2 Å². The Labute approximate surface area is 74.1 Å². The second-order valence-corrected chi connectivity index (χ2v) is 3.68. The maximum Gasteiger partial charge on any atom is 0.249 e. The Balaban J connectivity index is 2.44. The molecule has 2 N–H and O–H groups in total. The Morgan fingerprint density at radius 2 is 2.50 bits per heavy atom. The smallest absolute Gasteiger partial charge is 0.249 e. The summed E-state index contributed by atoms with van der Waals surface area (Å²) in [5.74, 6) is -0.349. The summed E-state index contributed by atoms with van der Waals surface area (Å²) in [4.78, 5) is 12.2. The van der Waals surface area contributed by atoms with Gasteiger partial charge in [-0.15, -0.1) is 11.3 Å². The highest BCUT2D eigenvalue weighted by molar-refractivity contribution is 7.10. The van der Waals surface area contributed by atoms with Gasteiger partial charge in [0.05, 0.1) is 18.8 Å². The van der Waals surface area contributed by atoms with Crippen molar-refractivity contribution in [2.45, 2.75) is 13.0 Å². The Hall–Kier alpha value is -0.870. The summed E-state index contributed by atoms with van der Waals surface area (Å²) < 4.78 is 5.24. The van der Waals surface area contributed by atoms with E-state index in [0.29, 0.717) is 12.2 Å². The van der Waals surface area contributed by atoms with Gasteiger partial charge >= 0.3 is 0 Å². The van der Waals surface area contributed by atoms with Crippen LogP contribution in [0, 0.1) is 0 Å². The van der Waals surface area contributed by atoms with Gasteiger partial charge in [-0.2, -0.15) is 0 Å². The first kappa shape index (κ1) is 7.76. The predicted molar refractivity (Wildman–Crippen MR) is 46.2 cm³/mol. The maximum absolute atomic E-state index is 10.9. The van der Waals surface area contributed by atoms with Crippen molar-refractivity contribution < 1.29 is 9.53 Å². The van der Waals surface area contributed by atoms with Crippen LogP contribution in [0.25, 0.3) is 0 Å². The van der Waals surface area contributed by atoms with Gasteiger partial charge in [-0.3, -0.25) is 4.79 Å². The molecule has 12 heavy (non-hydrogen) atoms. The van der Waals surface area contributed by atoms with Crippen LogP contribution in [-0.2, 0) is 17.8 Å². The topological polar surface area (TPSA) is 52.3 Å². The second-order valence-electron chi connectivity index (χ2n) is 2.72. The second kappa shape index (κ2) is 2.88. The number of hydrogen-bond acceptors (Lipinski definition) is 3. The van der Waals surface area contributed by atoms with Crippen LogP contribution in [0.1, 0.15) is 20.8 Å². The van der Waals surface area contributed by atoms with E-state index in [9.17, 15) is 4.79 Å². The van der Waals surface area contributed by atoms with Crippen LogP contribution in [0.5, 0.6) is 0 Å². The number of primary amides is 1. The highest BCUT2D eigenvalue weighted by atomic mass is 32.1. The lowest BCUT2D eigenvalue weighted by Gasteiger charge is -2.12. The molecule has 0 aromatic carbocycles. The van der Waals surface area contributed by atoms with Crippen molar-refractivity contribution in [2.24, 2.45) is 5.73 Å². The fourth-order valence-corrected chi connectivity index (χ4v) is 2.37. The van der Waals surface area contributed by atoms with Crippen molar-refractivity contribution in [1.82, 2.24) is 0 Å². The standard InChI is InChI=1S/C8H9NO2S/c9-8(10)6-4-12-7-1-2-11-3-5(6)7/h4H,1-3H2,(H2,9,10). The van der Waals surface area contributed by atoms with Gasteiger partial charge in [-0.25, -0.2) is 0 Å². The fraction of sp³-hybridized carbons (Fsp3) is 0.375. The summed E-state index contributed by atoms with van der Waals surface area (Å²) >= 11 is 1.60.